The third kappa shape index (κ3) is 3.14. The molecule has 0 bridgehead atoms. The number of nitrogens with one attached hydrogen (secondary N) is 1. The van der Waals surface area contributed by atoms with Crippen LogP contribution in [0.15, 0.2) is 35.4 Å². The Hall–Kier alpha value is -1.68. The molecule has 1 amide bonds. The molecule has 0 aromatic heterocycles. The van der Waals surface area contributed by atoms with Gasteiger partial charge in [0.2, 0.25) is 0 Å². The number of aliphatic hydroxyl groups is 1. The summed E-state index contributed by atoms with van der Waals surface area (Å²) in [6.07, 6.45) is 1.13. The molecule has 0 aliphatic heterocycles. The zero-order valence-corrected chi connectivity index (χ0v) is 9.76. The maximum Gasteiger partial charge on any atom is 0.273 e. The molecule has 90 valence electrons. The monoisotopic (exact) mass is 232 g/mol. The summed E-state index contributed by atoms with van der Waals surface area (Å²) in [5, 5.41) is 13.8. The van der Waals surface area contributed by atoms with Crippen LogP contribution >= 0.6 is 0 Å². The van der Waals surface area contributed by atoms with Crippen LogP contribution in [-0.4, -0.2) is 16.7 Å². The molecular formula is C13H16N2O2. The summed E-state index contributed by atoms with van der Waals surface area (Å²) in [5.74, 6) is 0.0281. The summed E-state index contributed by atoms with van der Waals surface area (Å²) in [4.78, 5) is 11.6. The van der Waals surface area contributed by atoms with Crippen LogP contribution in [0.25, 0.3) is 0 Å². The lowest BCUT2D eigenvalue weighted by Crippen LogP contribution is -2.26. The molecule has 1 atom stereocenters. The largest absolute Gasteiger partial charge is 0.378 e. The van der Waals surface area contributed by atoms with Crippen molar-refractivity contribution in [1.82, 2.24) is 5.43 Å². The topological polar surface area (TPSA) is 61.7 Å². The van der Waals surface area contributed by atoms with E-state index >= 15 is 0 Å². The first-order valence-electron chi connectivity index (χ1n) is 5.75. The quantitative estimate of drug-likeness (QED) is 0.612. The SMILES string of the molecule is CC(=NNC(=O)C(O)c1ccccc1)C1CC1. The molecular weight excluding hydrogens is 216 g/mol. The van der Waals surface area contributed by atoms with E-state index < -0.39 is 12.0 Å². The highest BCUT2D eigenvalue weighted by molar-refractivity contribution is 5.88. The maximum absolute atomic E-state index is 11.6. The minimum atomic E-state index is -1.16. The third-order valence-electron chi connectivity index (χ3n) is 2.87. The van der Waals surface area contributed by atoms with E-state index in [1.54, 1.807) is 24.3 Å². The normalized spacial score (nSPS) is 17.6. The van der Waals surface area contributed by atoms with Crippen molar-refractivity contribution < 1.29 is 9.90 Å². The Bertz CT molecular complexity index is 424. The van der Waals surface area contributed by atoms with Crippen LogP contribution in [-0.2, 0) is 4.79 Å². The molecule has 0 saturated heterocycles. The third-order valence-corrected chi connectivity index (χ3v) is 2.87. The first-order chi connectivity index (χ1) is 8.18. The van der Waals surface area contributed by atoms with Gasteiger partial charge in [-0.05, 0) is 31.2 Å². The Labute approximate surface area is 100 Å². The number of nitrogens with zero attached hydrogens (tertiary/aromatic N) is 1. The number of carbonyl (C=O) groups excluding carboxylic acids is 1. The van der Waals surface area contributed by atoms with Crippen LogP contribution in [0.2, 0.25) is 0 Å². The number of hydrogen-bond acceptors (Lipinski definition) is 3. The van der Waals surface area contributed by atoms with E-state index in [-0.39, 0.29) is 0 Å². The Balaban J connectivity index is 1.93. The minimum Gasteiger partial charge on any atom is -0.378 e. The number of carbonyl (C=O) groups is 1. The van der Waals surface area contributed by atoms with E-state index in [1.165, 1.54) is 0 Å². The molecule has 1 saturated carbocycles. The van der Waals surface area contributed by atoms with Gasteiger partial charge in [-0.1, -0.05) is 30.3 Å². The van der Waals surface area contributed by atoms with Crippen molar-refractivity contribution >= 4 is 11.6 Å². The van der Waals surface area contributed by atoms with E-state index in [0.717, 1.165) is 18.6 Å². The molecule has 1 aliphatic carbocycles. The van der Waals surface area contributed by atoms with Gasteiger partial charge in [0.25, 0.3) is 5.91 Å². The van der Waals surface area contributed by atoms with E-state index in [9.17, 15) is 9.90 Å². The maximum atomic E-state index is 11.6. The number of hydrazone groups is 1. The van der Waals surface area contributed by atoms with Crippen molar-refractivity contribution in [2.75, 3.05) is 0 Å². The fraction of sp³-hybridized carbons (Fsp3) is 0.385. The van der Waals surface area contributed by atoms with Crippen molar-refractivity contribution in [3.05, 3.63) is 35.9 Å². The number of amides is 1. The minimum absolute atomic E-state index is 0.490. The first kappa shape index (κ1) is 11.8. The Morgan fingerprint density at radius 1 is 1.41 bits per heavy atom. The summed E-state index contributed by atoms with van der Waals surface area (Å²) in [7, 11) is 0. The molecule has 1 aromatic rings. The van der Waals surface area contributed by atoms with Crippen molar-refractivity contribution in [3.63, 3.8) is 0 Å². The summed E-state index contributed by atoms with van der Waals surface area (Å²) >= 11 is 0. The zero-order chi connectivity index (χ0) is 12.3. The lowest BCUT2D eigenvalue weighted by atomic mass is 10.1. The molecule has 1 aromatic carbocycles. The van der Waals surface area contributed by atoms with Gasteiger partial charge < -0.3 is 5.11 Å². The second kappa shape index (κ2) is 5.10. The molecule has 2 N–H and O–H groups in total. The Morgan fingerprint density at radius 2 is 2.06 bits per heavy atom. The van der Waals surface area contributed by atoms with E-state index in [4.69, 9.17) is 0 Å². The van der Waals surface area contributed by atoms with Crippen LogP contribution in [0.1, 0.15) is 31.4 Å². The fourth-order valence-electron chi connectivity index (χ4n) is 1.58. The molecule has 1 fully saturated rings. The summed E-state index contributed by atoms with van der Waals surface area (Å²) in [6, 6.07) is 8.82. The molecule has 1 unspecified atom stereocenters. The fourth-order valence-corrected chi connectivity index (χ4v) is 1.58. The predicted molar refractivity (Wildman–Crippen MR) is 65.4 cm³/mol. The highest BCUT2D eigenvalue weighted by Gasteiger charge is 2.25. The van der Waals surface area contributed by atoms with Gasteiger partial charge in [0, 0.05) is 5.71 Å². The molecule has 0 heterocycles. The Kier molecular flexibility index (Phi) is 3.54. The second-order valence-corrected chi connectivity index (χ2v) is 4.32. The highest BCUT2D eigenvalue weighted by atomic mass is 16.3. The van der Waals surface area contributed by atoms with E-state index in [0.29, 0.717) is 11.5 Å². The lowest BCUT2D eigenvalue weighted by Gasteiger charge is -2.09. The lowest BCUT2D eigenvalue weighted by molar-refractivity contribution is -0.129. The number of rotatable bonds is 4. The summed E-state index contributed by atoms with van der Waals surface area (Å²) in [5.41, 5.74) is 3.90. The van der Waals surface area contributed by atoms with Crippen LogP contribution < -0.4 is 5.43 Å². The van der Waals surface area contributed by atoms with Crippen LogP contribution in [0.4, 0.5) is 0 Å². The van der Waals surface area contributed by atoms with Gasteiger partial charge >= 0.3 is 0 Å². The van der Waals surface area contributed by atoms with Crippen LogP contribution in [0.3, 0.4) is 0 Å². The van der Waals surface area contributed by atoms with Crippen LogP contribution in [0, 0.1) is 5.92 Å². The van der Waals surface area contributed by atoms with Crippen LogP contribution in [0.5, 0.6) is 0 Å². The number of aliphatic hydroxyl groups excluding tert-OH is 1. The van der Waals surface area contributed by atoms with Crippen molar-refractivity contribution in [2.45, 2.75) is 25.9 Å². The standard InChI is InChI=1S/C13H16N2O2/c1-9(10-7-8-10)14-15-13(17)12(16)11-5-3-2-4-6-11/h2-6,10,12,16H,7-8H2,1H3,(H,15,17). The van der Waals surface area contributed by atoms with Crippen molar-refractivity contribution in [3.8, 4) is 0 Å². The summed E-state index contributed by atoms with van der Waals surface area (Å²) in [6.45, 7) is 1.90. The Morgan fingerprint density at radius 3 is 2.65 bits per heavy atom. The van der Waals surface area contributed by atoms with Gasteiger partial charge in [0.05, 0.1) is 0 Å². The van der Waals surface area contributed by atoms with Crippen molar-refractivity contribution in [1.29, 1.82) is 0 Å². The highest BCUT2D eigenvalue weighted by Crippen LogP contribution is 2.30. The average Bonchev–Trinajstić information content (AvgIpc) is 3.20. The van der Waals surface area contributed by atoms with Gasteiger partial charge in [-0.3, -0.25) is 4.79 Å². The molecule has 17 heavy (non-hydrogen) atoms. The van der Waals surface area contributed by atoms with Gasteiger partial charge in [-0.2, -0.15) is 5.10 Å². The number of hydrogen-bond donors (Lipinski definition) is 2. The number of benzene rings is 1. The zero-order valence-electron chi connectivity index (χ0n) is 9.76. The average molecular weight is 232 g/mol. The smallest absolute Gasteiger partial charge is 0.273 e. The molecule has 0 spiro atoms. The van der Waals surface area contributed by atoms with Gasteiger partial charge in [0.1, 0.15) is 0 Å². The molecule has 4 heteroatoms. The molecule has 2 rings (SSSR count). The first-order valence-corrected chi connectivity index (χ1v) is 5.75. The second-order valence-electron chi connectivity index (χ2n) is 4.32. The van der Waals surface area contributed by atoms with Gasteiger partial charge in [-0.25, -0.2) is 5.43 Å². The van der Waals surface area contributed by atoms with E-state index in [2.05, 4.69) is 10.5 Å². The molecule has 0 radical (unpaired) electrons. The van der Waals surface area contributed by atoms with E-state index in [1.807, 2.05) is 13.0 Å². The summed E-state index contributed by atoms with van der Waals surface area (Å²) < 4.78 is 0. The van der Waals surface area contributed by atoms with Crippen molar-refractivity contribution in [2.24, 2.45) is 11.0 Å². The predicted octanol–water partition coefficient (Wildman–Crippen LogP) is 1.62. The molecule has 4 nitrogen and oxygen atoms in total. The van der Waals surface area contributed by atoms with Gasteiger partial charge in [0.15, 0.2) is 6.10 Å². The molecule has 1 aliphatic rings. The van der Waals surface area contributed by atoms with Gasteiger partial charge in [-0.15, -0.1) is 0 Å².